The number of hydrogen-bond donors (Lipinski definition) is 2. The van der Waals surface area contributed by atoms with E-state index in [1.165, 1.54) is 24.5 Å². The topological polar surface area (TPSA) is 53.4 Å². The Hall–Kier alpha value is -0.890. The number of aliphatic hydroxyl groups excluding tert-OH is 1. The van der Waals surface area contributed by atoms with Crippen LogP contribution in [0.3, 0.4) is 0 Å². The summed E-state index contributed by atoms with van der Waals surface area (Å²) in [6.07, 6.45) is 6.60. The SMILES string of the molecule is C#CC(C)(O)c1ncc(CO)s1. The molecule has 0 aliphatic heterocycles. The van der Waals surface area contributed by atoms with Gasteiger partial charge in [-0.3, -0.25) is 0 Å². The van der Waals surface area contributed by atoms with E-state index in [1.54, 1.807) is 0 Å². The van der Waals surface area contributed by atoms with Crippen LogP contribution in [0.5, 0.6) is 0 Å². The molecule has 1 aromatic rings. The number of rotatable bonds is 2. The van der Waals surface area contributed by atoms with Crippen molar-refractivity contribution in [2.45, 2.75) is 19.1 Å². The van der Waals surface area contributed by atoms with E-state index in [-0.39, 0.29) is 6.61 Å². The molecule has 64 valence electrons. The van der Waals surface area contributed by atoms with Crippen LogP contribution in [0.1, 0.15) is 16.8 Å². The summed E-state index contributed by atoms with van der Waals surface area (Å²) in [5, 5.41) is 18.7. The molecule has 0 aliphatic rings. The van der Waals surface area contributed by atoms with Gasteiger partial charge in [0.15, 0.2) is 5.60 Å². The highest BCUT2D eigenvalue weighted by molar-refractivity contribution is 7.11. The second-order valence-corrected chi connectivity index (χ2v) is 3.62. The average molecular weight is 183 g/mol. The second kappa shape index (κ2) is 3.23. The summed E-state index contributed by atoms with van der Waals surface area (Å²) >= 11 is 1.21. The smallest absolute Gasteiger partial charge is 0.174 e. The maximum atomic E-state index is 9.53. The molecule has 3 nitrogen and oxygen atoms in total. The number of aromatic nitrogens is 1. The van der Waals surface area contributed by atoms with Gasteiger partial charge in [-0.2, -0.15) is 0 Å². The molecule has 0 spiro atoms. The first-order valence-electron chi connectivity index (χ1n) is 3.36. The van der Waals surface area contributed by atoms with Crippen molar-refractivity contribution in [3.8, 4) is 12.3 Å². The standard InChI is InChI=1S/C8H9NO2S/c1-3-8(2,11)7-9-4-6(5-10)12-7/h1,4,10-11H,5H2,2H3. The first kappa shape index (κ1) is 9.20. The van der Waals surface area contributed by atoms with Gasteiger partial charge in [0.1, 0.15) is 5.01 Å². The Morgan fingerprint density at radius 1 is 1.83 bits per heavy atom. The molecule has 0 saturated carbocycles. The van der Waals surface area contributed by atoms with Crippen LogP contribution in [0, 0.1) is 12.3 Å². The molecule has 1 rings (SSSR count). The third-order valence-electron chi connectivity index (χ3n) is 1.41. The fourth-order valence-corrected chi connectivity index (χ4v) is 1.45. The summed E-state index contributed by atoms with van der Waals surface area (Å²) in [5.41, 5.74) is -1.32. The highest BCUT2D eigenvalue weighted by atomic mass is 32.1. The third kappa shape index (κ3) is 1.64. The zero-order chi connectivity index (χ0) is 9.19. The molecule has 0 radical (unpaired) electrons. The van der Waals surface area contributed by atoms with Crippen molar-refractivity contribution < 1.29 is 10.2 Å². The van der Waals surface area contributed by atoms with Gasteiger partial charge in [-0.25, -0.2) is 4.98 Å². The van der Waals surface area contributed by atoms with Crippen molar-refractivity contribution in [2.24, 2.45) is 0 Å². The quantitative estimate of drug-likeness (QED) is 0.655. The number of thiazole rings is 1. The number of terminal acetylenes is 1. The minimum absolute atomic E-state index is 0.0711. The minimum atomic E-state index is -1.32. The Labute approximate surface area is 74.7 Å². The Morgan fingerprint density at radius 2 is 2.50 bits per heavy atom. The van der Waals surface area contributed by atoms with E-state index in [9.17, 15) is 5.11 Å². The lowest BCUT2D eigenvalue weighted by Crippen LogP contribution is -2.17. The van der Waals surface area contributed by atoms with Crippen molar-refractivity contribution in [3.63, 3.8) is 0 Å². The number of aliphatic hydroxyl groups is 2. The molecule has 12 heavy (non-hydrogen) atoms. The highest BCUT2D eigenvalue weighted by Crippen LogP contribution is 2.24. The molecule has 2 N–H and O–H groups in total. The van der Waals surface area contributed by atoms with Crippen LogP contribution < -0.4 is 0 Å². The zero-order valence-corrected chi connectivity index (χ0v) is 7.43. The molecule has 1 heterocycles. The molecule has 1 atom stereocenters. The van der Waals surface area contributed by atoms with Gasteiger partial charge in [0.2, 0.25) is 0 Å². The van der Waals surface area contributed by atoms with Gasteiger partial charge in [-0.15, -0.1) is 17.8 Å². The van der Waals surface area contributed by atoms with Gasteiger partial charge in [-0.05, 0) is 6.92 Å². The van der Waals surface area contributed by atoms with Crippen LogP contribution in [0.15, 0.2) is 6.20 Å². The molecule has 0 fully saturated rings. The predicted octanol–water partition coefficient (Wildman–Crippen LogP) is 0.476. The van der Waals surface area contributed by atoms with E-state index < -0.39 is 5.60 Å². The second-order valence-electron chi connectivity index (χ2n) is 2.51. The summed E-state index contributed by atoms with van der Waals surface area (Å²) in [6.45, 7) is 1.42. The summed E-state index contributed by atoms with van der Waals surface area (Å²) in [4.78, 5) is 4.59. The van der Waals surface area contributed by atoms with Crippen molar-refractivity contribution in [1.82, 2.24) is 4.98 Å². The van der Waals surface area contributed by atoms with E-state index in [4.69, 9.17) is 11.5 Å². The summed E-state index contributed by atoms with van der Waals surface area (Å²) in [7, 11) is 0. The molecule has 0 aliphatic carbocycles. The Kier molecular flexibility index (Phi) is 2.48. The first-order valence-corrected chi connectivity index (χ1v) is 4.18. The van der Waals surface area contributed by atoms with Crippen LogP contribution in [-0.4, -0.2) is 15.2 Å². The lowest BCUT2D eigenvalue weighted by molar-refractivity contribution is 0.122. The molecular weight excluding hydrogens is 174 g/mol. The van der Waals surface area contributed by atoms with Gasteiger partial charge < -0.3 is 10.2 Å². The van der Waals surface area contributed by atoms with Gasteiger partial charge in [0.05, 0.1) is 11.5 Å². The molecule has 1 aromatic heterocycles. The van der Waals surface area contributed by atoms with E-state index >= 15 is 0 Å². The van der Waals surface area contributed by atoms with Gasteiger partial charge in [0, 0.05) is 6.20 Å². The highest BCUT2D eigenvalue weighted by Gasteiger charge is 2.23. The van der Waals surface area contributed by atoms with E-state index in [0.717, 1.165) is 0 Å². The molecular formula is C8H9NO2S. The van der Waals surface area contributed by atoms with Crippen LogP contribution in [0.4, 0.5) is 0 Å². The van der Waals surface area contributed by atoms with Gasteiger partial charge >= 0.3 is 0 Å². The fraction of sp³-hybridized carbons (Fsp3) is 0.375. The van der Waals surface area contributed by atoms with E-state index in [0.29, 0.717) is 9.88 Å². The van der Waals surface area contributed by atoms with Gasteiger partial charge in [-0.1, -0.05) is 5.92 Å². The lowest BCUT2D eigenvalue weighted by Gasteiger charge is -2.11. The van der Waals surface area contributed by atoms with Crippen LogP contribution in [0.2, 0.25) is 0 Å². The van der Waals surface area contributed by atoms with Crippen LogP contribution >= 0.6 is 11.3 Å². The van der Waals surface area contributed by atoms with Crippen molar-refractivity contribution in [3.05, 3.63) is 16.1 Å². The predicted molar refractivity (Wildman–Crippen MR) is 46.4 cm³/mol. The Balaban J connectivity index is 2.98. The molecule has 0 bridgehead atoms. The normalized spacial score (nSPS) is 15.2. The third-order valence-corrected chi connectivity index (χ3v) is 2.60. The Morgan fingerprint density at radius 3 is 2.92 bits per heavy atom. The molecule has 0 saturated heterocycles. The lowest BCUT2D eigenvalue weighted by atomic mass is 10.1. The van der Waals surface area contributed by atoms with Crippen LogP contribution in [0.25, 0.3) is 0 Å². The summed E-state index contributed by atoms with van der Waals surface area (Å²) in [6, 6.07) is 0. The number of hydrogen-bond acceptors (Lipinski definition) is 4. The fourth-order valence-electron chi connectivity index (χ4n) is 0.667. The largest absolute Gasteiger partial charge is 0.391 e. The molecule has 4 heteroatoms. The van der Waals surface area contributed by atoms with Gasteiger partial charge in [0.25, 0.3) is 0 Å². The van der Waals surface area contributed by atoms with Crippen LogP contribution in [-0.2, 0) is 12.2 Å². The molecule has 0 aromatic carbocycles. The monoisotopic (exact) mass is 183 g/mol. The molecule has 0 amide bonds. The first-order chi connectivity index (χ1) is 5.60. The van der Waals surface area contributed by atoms with E-state index in [1.807, 2.05) is 0 Å². The maximum Gasteiger partial charge on any atom is 0.174 e. The maximum absolute atomic E-state index is 9.53. The molecule has 1 unspecified atom stereocenters. The minimum Gasteiger partial charge on any atom is -0.391 e. The zero-order valence-electron chi connectivity index (χ0n) is 6.61. The summed E-state index contributed by atoms with van der Waals surface area (Å²) in [5.74, 6) is 2.22. The Bertz CT molecular complexity index is 311. The van der Waals surface area contributed by atoms with Crippen molar-refractivity contribution >= 4 is 11.3 Å². The summed E-state index contributed by atoms with van der Waals surface area (Å²) < 4.78 is 0. The van der Waals surface area contributed by atoms with Crippen molar-refractivity contribution in [1.29, 1.82) is 0 Å². The average Bonchev–Trinajstić information content (AvgIpc) is 2.52. The number of nitrogens with zero attached hydrogens (tertiary/aromatic N) is 1. The van der Waals surface area contributed by atoms with E-state index in [2.05, 4.69) is 10.9 Å². The van der Waals surface area contributed by atoms with Crippen molar-refractivity contribution in [2.75, 3.05) is 0 Å².